The molecule has 0 saturated carbocycles. The van der Waals surface area contributed by atoms with E-state index >= 15 is 0 Å². The summed E-state index contributed by atoms with van der Waals surface area (Å²) < 4.78 is 0. The van der Waals surface area contributed by atoms with E-state index in [0.29, 0.717) is 5.69 Å². The number of nitrogens with zero attached hydrogens (tertiary/aromatic N) is 3. The third-order valence-corrected chi connectivity index (χ3v) is 3.73. The zero-order chi connectivity index (χ0) is 15.4. The second kappa shape index (κ2) is 6.23. The Morgan fingerprint density at radius 2 is 1.82 bits per heavy atom. The zero-order valence-corrected chi connectivity index (χ0v) is 12.4. The Bertz CT molecular complexity index is 849. The SMILES string of the molecule is Cc1ccccc1CCNc1c(C#N)nnc2ccccc12. The van der Waals surface area contributed by atoms with Crippen LogP contribution in [0.1, 0.15) is 16.8 Å². The third-order valence-electron chi connectivity index (χ3n) is 3.73. The molecule has 0 fully saturated rings. The van der Waals surface area contributed by atoms with Crippen molar-refractivity contribution in [2.45, 2.75) is 13.3 Å². The van der Waals surface area contributed by atoms with Crippen LogP contribution in [0.15, 0.2) is 48.5 Å². The Morgan fingerprint density at radius 3 is 2.64 bits per heavy atom. The van der Waals surface area contributed by atoms with Gasteiger partial charge in [0.15, 0.2) is 5.69 Å². The second-order valence-corrected chi connectivity index (χ2v) is 5.16. The van der Waals surface area contributed by atoms with Crippen LogP contribution in [0.4, 0.5) is 5.69 Å². The molecule has 0 saturated heterocycles. The molecule has 0 atom stereocenters. The van der Waals surface area contributed by atoms with Crippen molar-refractivity contribution in [2.24, 2.45) is 0 Å². The van der Waals surface area contributed by atoms with Crippen molar-refractivity contribution in [2.75, 3.05) is 11.9 Å². The van der Waals surface area contributed by atoms with Gasteiger partial charge in [-0.25, -0.2) is 0 Å². The maximum absolute atomic E-state index is 9.25. The quantitative estimate of drug-likeness (QED) is 0.798. The Hall–Kier alpha value is -2.93. The predicted molar refractivity (Wildman–Crippen MR) is 87.6 cm³/mol. The van der Waals surface area contributed by atoms with Crippen LogP contribution < -0.4 is 5.32 Å². The predicted octanol–water partition coefficient (Wildman–Crippen LogP) is 3.46. The highest BCUT2D eigenvalue weighted by Gasteiger charge is 2.09. The van der Waals surface area contributed by atoms with Gasteiger partial charge in [0.25, 0.3) is 0 Å². The van der Waals surface area contributed by atoms with Gasteiger partial charge in [0.1, 0.15) is 6.07 Å². The van der Waals surface area contributed by atoms with Crippen molar-refractivity contribution in [1.29, 1.82) is 5.26 Å². The van der Waals surface area contributed by atoms with Crippen molar-refractivity contribution in [1.82, 2.24) is 10.2 Å². The summed E-state index contributed by atoms with van der Waals surface area (Å²) in [5, 5.41) is 21.6. The molecule has 0 aliphatic heterocycles. The van der Waals surface area contributed by atoms with Gasteiger partial charge in [-0.05, 0) is 30.5 Å². The van der Waals surface area contributed by atoms with E-state index in [1.807, 2.05) is 36.4 Å². The monoisotopic (exact) mass is 288 g/mol. The average molecular weight is 288 g/mol. The van der Waals surface area contributed by atoms with Crippen LogP contribution in [0.25, 0.3) is 10.9 Å². The van der Waals surface area contributed by atoms with E-state index in [2.05, 4.69) is 40.6 Å². The Morgan fingerprint density at radius 1 is 1.05 bits per heavy atom. The van der Waals surface area contributed by atoms with Crippen LogP contribution in [0.5, 0.6) is 0 Å². The van der Waals surface area contributed by atoms with Crippen molar-refractivity contribution in [3.8, 4) is 6.07 Å². The summed E-state index contributed by atoms with van der Waals surface area (Å²) in [5.41, 5.74) is 4.48. The topological polar surface area (TPSA) is 61.6 Å². The molecule has 1 heterocycles. The molecule has 0 radical (unpaired) electrons. The van der Waals surface area contributed by atoms with Crippen molar-refractivity contribution in [3.63, 3.8) is 0 Å². The van der Waals surface area contributed by atoms with Crippen LogP contribution in [0.2, 0.25) is 0 Å². The largest absolute Gasteiger partial charge is 0.382 e. The summed E-state index contributed by atoms with van der Waals surface area (Å²) in [6.45, 7) is 2.86. The molecule has 0 bridgehead atoms. The fourth-order valence-electron chi connectivity index (χ4n) is 2.52. The third kappa shape index (κ3) is 2.75. The summed E-state index contributed by atoms with van der Waals surface area (Å²) in [7, 11) is 0. The lowest BCUT2D eigenvalue weighted by molar-refractivity contribution is 0.991. The summed E-state index contributed by atoms with van der Waals surface area (Å²) in [6.07, 6.45) is 0.897. The molecule has 0 aliphatic rings. The highest BCUT2D eigenvalue weighted by Crippen LogP contribution is 2.23. The molecule has 1 aromatic heterocycles. The Balaban J connectivity index is 1.84. The van der Waals surface area contributed by atoms with E-state index < -0.39 is 0 Å². The van der Waals surface area contributed by atoms with Crippen molar-refractivity contribution < 1.29 is 0 Å². The lowest BCUT2D eigenvalue weighted by Crippen LogP contribution is -2.09. The molecule has 0 amide bonds. The molecule has 3 rings (SSSR count). The van der Waals surface area contributed by atoms with E-state index in [0.717, 1.165) is 29.6 Å². The number of rotatable bonds is 4. The smallest absolute Gasteiger partial charge is 0.186 e. The standard InChI is InChI=1S/C18H16N4/c1-13-6-2-3-7-14(13)10-11-20-18-15-8-4-5-9-16(15)21-22-17(18)12-19/h2-9H,10-11H2,1H3,(H,20,21). The summed E-state index contributed by atoms with van der Waals surface area (Å²) in [4.78, 5) is 0. The molecule has 0 spiro atoms. The number of benzene rings is 2. The van der Waals surface area contributed by atoms with Gasteiger partial charge in [-0.2, -0.15) is 5.26 Å². The minimum atomic E-state index is 0.337. The van der Waals surface area contributed by atoms with E-state index in [1.165, 1.54) is 11.1 Å². The maximum atomic E-state index is 9.25. The zero-order valence-electron chi connectivity index (χ0n) is 12.4. The first-order chi connectivity index (χ1) is 10.8. The molecule has 3 aromatic rings. The van der Waals surface area contributed by atoms with Gasteiger partial charge in [0.05, 0.1) is 11.2 Å². The number of aryl methyl sites for hydroxylation is 1. The molecule has 1 N–H and O–H groups in total. The number of nitriles is 1. The maximum Gasteiger partial charge on any atom is 0.186 e. The minimum Gasteiger partial charge on any atom is -0.382 e. The summed E-state index contributed by atoms with van der Waals surface area (Å²) >= 11 is 0. The van der Waals surface area contributed by atoms with E-state index in [-0.39, 0.29) is 0 Å². The Labute approximate surface area is 129 Å². The van der Waals surface area contributed by atoms with Crippen LogP contribution >= 0.6 is 0 Å². The molecule has 22 heavy (non-hydrogen) atoms. The van der Waals surface area contributed by atoms with Crippen LogP contribution in [0, 0.1) is 18.3 Å². The van der Waals surface area contributed by atoms with Crippen LogP contribution in [-0.4, -0.2) is 16.7 Å². The Kier molecular flexibility index (Phi) is 3.97. The minimum absolute atomic E-state index is 0.337. The first kappa shape index (κ1) is 14.0. The molecular formula is C18H16N4. The van der Waals surface area contributed by atoms with E-state index in [1.54, 1.807) is 0 Å². The number of anilines is 1. The van der Waals surface area contributed by atoms with Gasteiger partial charge in [0.2, 0.25) is 0 Å². The van der Waals surface area contributed by atoms with E-state index in [9.17, 15) is 5.26 Å². The fraction of sp³-hybridized carbons (Fsp3) is 0.167. The first-order valence-corrected chi connectivity index (χ1v) is 7.23. The molecule has 4 nitrogen and oxygen atoms in total. The van der Waals surface area contributed by atoms with Gasteiger partial charge < -0.3 is 5.32 Å². The van der Waals surface area contributed by atoms with E-state index in [4.69, 9.17) is 0 Å². The van der Waals surface area contributed by atoms with Gasteiger partial charge >= 0.3 is 0 Å². The number of fused-ring (bicyclic) bond motifs is 1. The number of hydrogen-bond acceptors (Lipinski definition) is 4. The van der Waals surface area contributed by atoms with Gasteiger partial charge in [-0.1, -0.05) is 42.5 Å². The second-order valence-electron chi connectivity index (χ2n) is 5.16. The first-order valence-electron chi connectivity index (χ1n) is 7.23. The van der Waals surface area contributed by atoms with Gasteiger partial charge in [-0.3, -0.25) is 0 Å². The molecule has 0 aliphatic carbocycles. The molecule has 4 heteroatoms. The number of nitrogens with one attached hydrogen (secondary N) is 1. The average Bonchev–Trinajstić information content (AvgIpc) is 2.56. The fourth-order valence-corrected chi connectivity index (χ4v) is 2.52. The van der Waals surface area contributed by atoms with Gasteiger partial charge in [0, 0.05) is 11.9 Å². The molecule has 2 aromatic carbocycles. The summed E-state index contributed by atoms with van der Waals surface area (Å²) in [6, 6.07) is 18.2. The van der Waals surface area contributed by atoms with Crippen molar-refractivity contribution in [3.05, 3.63) is 65.4 Å². The highest BCUT2D eigenvalue weighted by molar-refractivity contribution is 5.92. The normalized spacial score (nSPS) is 10.4. The molecule has 108 valence electrons. The highest BCUT2D eigenvalue weighted by atomic mass is 15.1. The number of hydrogen-bond donors (Lipinski definition) is 1. The summed E-state index contributed by atoms with van der Waals surface area (Å²) in [5.74, 6) is 0. The lowest BCUT2D eigenvalue weighted by Gasteiger charge is -2.11. The van der Waals surface area contributed by atoms with Crippen molar-refractivity contribution >= 4 is 16.6 Å². The molecular weight excluding hydrogens is 272 g/mol. The lowest BCUT2D eigenvalue weighted by atomic mass is 10.1. The van der Waals surface area contributed by atoms with Gasteiger partial charge in [-0.15, -0.1) is 10.2 Å². The van der Waals surface area contributed by atoms with Crippen LogP contribution in [0.3, 0.4) is 0 Å². The molecule has 0 unspecified atom stereocenters. The van der Waals surface area contributed by atoms with Crippen LogP contribution in [-0.2, 0) is 6.42 Å². The number of aromatic nitrogens is 2.